The Bertz CT molecular complexity index is 373. The molecule has 116 valence electrons. The van der Waals surface area contributed by atoms with Crippen molar-refractivity contribution in [2.24, 2.45) is 0 Å². The first-order valence-corrected chi connectivity index (χ1v) is 5.64. The highest BCUT2D eigenvalue weighted by Gasteiger charge is 2.57. The Kier molecular flexibility index (Phi) is 5.46. The molecule has 0 saturated heterocycles. The minimum absolute atomic E-state index is 0.176. The van der Waals surface area contributed by atoms with E-state index >= 15 is 0 Å². The standard InChI is InChI=1S/C11H13F6NO2/c1-7(8-3-2-5-19-8)18-4-6-20-9(10(12,13)14)11(15,16)17/h2-3,5,7,9,18H,4,6H2,1H3. The zero-order valence-electron chi connectivity index (χ0n) is 10.4. The molecule has 1 aromatic heterocycles. The van der Waals surface area contributed by atoms with Crippen LogP contribution >= 0.6 is 0 Å². The first-order chi connectivity index (χ1) is 9.12. The molecule has 1 heterocycles. The number of rotatable bonds is 6. The summed E-state index contributed by atoms with van der Waals surface area (Å²) in [5, 5.41) is 2.69. The summed E-state index contributed by atoms with van der Waals surface area (Å²) in [6, 6.07) is 2.91. The lowest BCUT2D eigenvalue weighted by Gasteiger charge is -2.23. The third kappa shape index (κ3) is 5.04. The Balaban J connectivity index is 2.38. The van der Waals surface area contributed by atoms with E-state index in [0.29, 0.717) is 5.76 Å². The van der Waals surface area contributed by atoms with Gasteiger partial charge in [-0.05, 0) is 19.1 Å². The number of hydrogen-bond acceptors (Lipinski definition) is 3. The summed E-state index contributed by atoms with van der Waals surface area (Å²) in [4.78, 5) is 0. The summed E-state index contributed by atoms with van der Waals surface area (Å²) in [5.41, 5.74) is 0. The molecule has 0 aromatic carbocycles. The van der Waals surface area contributed by atoms with E-state index in [1.807, 2.05) is 0 Å². The van der Waals surface area contributed by atoms with E-state index in [-0.39, 0.29) is 12.6 Å². The second-order valence-electron chi connectivity index (χ2n) is 4.03. The predicted octanol–water partition coefficient (Wildman–Crippen LogP) is 3.44. The second kappa shape index (κ2) is 6.49. The zero-order chi connectivity index (χ0) is 15.4. The van der Waals surface area contributed by atoms with E-state index in [2.05, 4.69) is 10.1 Å². The van der Waals surface area contributed by atoms with E-state index in [4.69, 9.17) is 4.42 Å². The Morgan fingerprint density at radius 1 is 1.20 bits per heavy atom. The van der Waals surface area contributed by atoms with Crippen molar-refractivity contribution in [3.05, 3.63) is 24.2 Å². The van der Waals surface area contributed by atoms with Crippen molar-refractivity contribution in [1.29, 1.82) is 0 Å². The van der Waals surface area contributed by atoms with Crippen LogP contribution in [0.4, 0.5) is 26.3 Å². The number of nitrogens with one attached hydrogen (secondary N) is 1. The molecule has 0 amide bonds. The summed E-state index contributed by atoms with van der Waals surface area (Å²) in [6.07, 6.45) is -13.3. The highest BCUT2D eigenvalue weighted by Crippen LogP contribution is 2.35. The molecule has 0 aliphatic carbocycles. The van der Waals surface area contributed by atoms with E-state index in [1.54, 1.807) is 19.1 Å². The third-order valence-electron chi connectivity index (χ3n) is 2.40. The maximum Gasteiger partial charge on any atom is 0.423 e. The molecule has 20 heavy (non-hydrogen) atoms. The minimum atomic E-state index is -5.48. The van der Waals surface area contributed by atoms with Crippen LogP contribution in [0.1, 0.15) is 18.7 Å². The lowest BCUT2D eigenvalue weighted by atomic mass is 10.2. The monoisotopic (exact) mass is 305 g/mol. The van der Waals surface area contributed by atoms with Gasteiger partial charge in [-0.15, -0.1) is 0 Å². The lowest BCUT2D eigenvalue weighted by molar-refractivity contribution is -0.321. The molecule has 0 saturated carbocycles. The van der Waals surface area contributed by atoms with Gasteiger partial charge >= 0.3 is 12.4 Å². The van der Waals surface area contributed by atoms with Crippen molar-refractivity contribution in [2.45, 2.75) is 31.4 Å². The van der Waals surface area contributed by atoms with Crippen LogP contribution in [0.3, 0.4) is 0 Å². The van der Waals surface area contributed by atoms with Crippen LogP contribution < -0.4 is 5.32 Å². The number of halogens is 6. The average Bonchev–Trinajstić information content (AvgIpc) is 2.77. The van der Waals surface area contributed by atoms with Gasteiger partial charge in [0.15, 0.2) is 0 Å². The van der Waals surface area contributed by atoms with Crippen LogP contribution in [0.25, 0.3) is 0 Å². The summed E-state index contributed by atoms with van der Waals surface area (Å²) < 4.78 is 81.8. The quantitative estimate of drug-likeness (QED) is 0.646. The van der Waals surface area contributed by atoms with Gasteiger partial charge in [0.25, 0.3) is 0 Å². The summed E-state index contributed by atoms with van der Waals surface area (Å²) in [5.74, 6) is 0.521. The first-order valence-electron chi connectivity index (χ1n) is 5.64. The number of ether oxygens (including phenoxy) is 1. The number of hydrogen-bond donors (Lipinski definition) is 1. The Morgan fingerprint density at radius 2 is 1.80 bits per heavy atom. The van der Waals surface area contributed by atoms with Crippen molar-refractivity contribution in [1.82, 2.24) is 5.32 Å². The smallest absolute Gasteiger partial charge is 0.423 e. The molecule has 1 unspecified atom stereocenters. The molecule has 3 nitrogen and oxygen atoms in total. The van der Waals surface area contributed by atoms with Gasteiger partial charge in [0.2, 0.25) is 6.10 Å². The molecule has 0 aliphatic rings. The van der Waals surface area contributed by atoms with Crippen molar-refractivity contribution in [3.8, 4) is 0 Å². The molecule has 1 atom stereocenters. The molecule has 0 fully saturated rings. The molecule has 0 radical (unpaired) electrons. The molecule has 0 bridgehead atoms. The predicted molar refractivity (Wildman–Crippen MR) is 57.0 cm³/mol. The Morgan fingerprint density at radius 3 is 2.25 bits per heavy atom. The molecular formula is C11H13F6NO2. The normalized spacial score (nSPS) is 14.8. The summed E-state index contributed by atoms with van der Waals surface area (Å²) in [7, 11) is 0. The highest BCUT2D eigenvalue weighted by molar-refractivity contribution is 5.02. The van der Waals surface area contributed by atoms with E-state index in [9.17, 15) is 26.3 Å². The SMILES string of the molecule is CC(NCCOC(C(F)(F)F)C(F)(F)F)c1ccco1. The molecule has 9 heteroatoms. The fourth-order valence-corrected chi connectivity index (χ4v) is 1.47. The van der Waals surface area contributed by atoms with Gasteiger partial charge in [-0.25, -0.2) is 0 Å². The maximum atomic E-state index is 12.1. The fraction of sp³-hybridized carbons (Fsp3) is 0.636. The van der Waals surface area contributed by atoms with Crippen molar-refractivity contribution in [2.75, 3.05) is 13.2 Å². The topological polar surface area (TPSA) is 34.4 Å². The summed E-state index contributed by atoms with van der Waals surface area (Å²) >= 11 is 0. The molecule has 1 aromatic rings. The molecule has 1 N–H and O–H groups in total. The Hall–Kier alpha value is -1.22. The minimum Gasteiger partial charge on any atom is -0.468 e. The van der Waals surface area contributed by atoms with Crippen LogP contribution in [0.2, 0.25) is 0 Å². The molecule has 1 rings (SSSR count). The van der Waals surface area contributed by atoms with Gasteiger partial charge in [0.05, 0.1) is 18.9 Å². The fourth-order valence-electron chi connectivity index (χ4n) is 1.47. The van der Waals surface area contributed by atoms with Crippen LogP contribution in [-0.4, -0.2) is 31.6 Å². The maximum absolute atomic E-state index is 12.1. The van der Waals surface area contributed by atoms with Gasteiger partial charge in [0, 0.05) is 6.54 Å². The highest BCUT2D eigenvalue weighted by atomic mass is 19.4. The lowest BCUT2D eigenvalue weighted by Crippen LogP contribution is -2.45. The average molecular weight is 305 g/mol. The molecular weight excluding hydrogens is 292 g/mol. The largest absolute Gasteiger partial charge is 0.468 e. The van der Waals surface area contributed by atoms with Crippen LogP contribution in [0.5, 0.6) is 0 Å². The van der Waals surface area contributed by atoms with Crippen LogP contribution in [0, 0.1) is 0 Å². The zero-order valence-corrected chi connectivity index (χ0v) is 10.4. The van der Waals surface area contributed by atoms with Gasteiger partial charge in [0.1, 0.15) is 5.76 Å². The van der Waals surface area contributed by atoms with Gasteiger partial charge in [-0.2, -0.15) is 26.3 Å². The molecule has 0 spiro atoms. The molecule has 0 aliphatic heterocycles. The number of alkyl halides is 6. The van der Waals surface area contributed by atoms with Gasteiger partial charge < -0.3 is 14.5 Å². The van der Waals surface area contributed by atoms with Gasteiger partial charge in [-0.1, -0.05) is 0 Å². The van der Waals surface area contributed by atoms with E-state index in [0.717, 1.165) is 0 Å². The van der Waals surface area contributed by atoms with E-state index < -0.39 is 25.1 Å². The van der Waals surface area contributed by atoms with E-state index in [1.165, 1.54) is 6.26 Å². The van der Waals surface area contributed by atoms with Gasteiger partial charge in [-0.3, -0.25) is 0 Å². The van der Waals surface area contributed by atoms with Crippen molar-refractivity contribution in [3.63, 3.8) is 0 Å². The first kappa shape index (κ1) is 16.8. The second-order valence-corrected chi connectivity index (χ2v) is 4.03. The number of furan rings is 1. The van der Waals surface area contributed by atoms with Crippen molar-refractivity contribution >= 4 is 0 Å². The summed E-state index contributed by atoms with van der Waals surface area (Å²) in [6.45, 7) is 0.753. The van der Waals surface area contributed by atoms with Crippen LogP contribution in [0.15, 0.2) is 22.8 Å². The third-order valence-corrected chi connectivity index (χ3v) is 2.40. The van der Waals surface area contributed by atoms with Crippen molar-refractivity contribution < 1.29 is 35.5 Å². The Labute approximate surface area is 110 Å². The van der Waals surface area contributed by atoms with Crippen LogP contribution in [-0.2, 0) is 4.74 Å².